The van der Waals surface area contributed by atoms with Gasteiger partial charge >= 0.3 is 0 Å². The van der Waals surface area contributed by atoms with Crippen LogP contribution >= 0.6 is 0 Å². The molecule has 1 N–H and O–H groups in total. The second-order valence-electron chi connectivity index (χ2n) is 5.54. The van der Waals surface area contributed by atoms with Gasteiger partial charge in [-0.3, -0.25) is 9.74 Å². The lowest BCUT2D eigenvalue weighted by Crippen LogP contribution is -2.38. The summed E-state index contributed by atoms with van der Waals surface area (Å²) in [7, 11) is 0. The molecule has 0 bridgehead atoms. The van der Waals surface area contributed by atoms with E-state index in [9.17, 15) is 0 Å². The fraction of sp³-hybridized carbons (Fsp3) is 1.00. The molecule has 1 aliphatic carbocycles. The van der Waals surface area contributed by atoms with E-state index in [1.54, 1.807) is 0 Å². The van der Waals surface area contributed by atoms with Crippen molar-refractivity contribution in [2.24, 2.45) is 0 Å². The third-order valence-corrected chi connectivity index (χ3v) is 2.81. The van der Waals surface area contributed by atoms with Crippen molar-refractivity contribution in [1.29, 1.82) is 0 Å². The molecule has 0 amide bonds. The van der Waals surface area contributed by atoms with Crippen LogP contribution in [0.2, 0.25) is 0 Å². The quantitative estimate of drug-likeness (QED) is 0.696. The molecule has 1 saturated heterocycles. The molecule has 1 saturated carbocycles. The Morgan fingerprint density at radius 3 is 2.50 bits per heavy atom. The molecule has 2 fully saturated rings. The van der Waals surface area contributed by atoms with Crippen molar-refractivity contribution in [3.8, 4) is 0 Å². The fourth-order valence-corrected chi connectivity index (χ4v) is 1.91. The molecule has 82 valence electrons. The van der Waals surface area contributed by atoms with E-state index in [-0.39, 0.29) is 5.60 Å². The Morgan fingerprint density at radius 1 is 1.21 bits per heavy atom. The molecule has 1 heterocycles. The zero-order chi connectivity index (χ0) is 10.2. The Morgan fingerprint density at radius 2 is 1.93 bits per heavy atom. The second-order valence-corrected chi connectivity index (χ2v) is 5.54. The van der Waals surface area contributed by atoms with Gasteiger partial charge in [-0.2, -0.15) is 5.48 Å². The summed E-state index contributed by atoms with van der Waals surface area (Å²) in [6, 6.07) is 1.44. The molecule has 0 spiro atoms. The molecule has 0 radical (unpaired) electrons. The van der Waals surface area contributed by atoms with E-state index in [4.69, 9.17) is 4.84 Å². The van der Waals surface area contributed by atoms with Crippen molar-refractivity contribution >= 4 is 0 Å². The summed E-state index contributed by atoms with van der Waals surface area (Å²) in [6.07, 6.45) is 4.05. The molecule has 1 unspecified atom stereocenters. The molecule has 2 aliphatic rings. The predicted molar refractivity (Wildman–Crippen MR) is 57.0 cm³/mol. The highest BCUT2D eigenvalue weighted by Crippen LogP contribution is 2.29. The second kappa shape index (κ2) is 3.80. The summed E-state index contributed by atoms with van der Waals surface area (Å²) in [5.74, 6) is 0. The molecule has 1 aliphatic heterocycles. The highest BCUT2D eigenvalue weighted by Gasteiger charge is 2.34. The largest absolute Gasteiger partial charge is 0.299 e. The number of hydroxylamine groups is 1. The van der Waals surface area contributed by atoms with Crippen LogP contribution in [0.15, 0.2) is 0 Å². The van der Waals surface area contributed by atoms with Crippen molar-refractivity contribution in [1.82, 2.24) is 10.4 Å². The SMILES string of the molecule is CC(C)(C)ONC1CCN(C2CC2)C1. The van der Waals surface area contributed by atoms with Crippen molar-refractivity contribution < 1.29 is 4.84 Å². The van der Waals surface area contributed by atoms with Gasteiger partial charge in [0.05, 0.1) is 5.60 Å². The van der Waals surface area contributed by atoms with Crippen LogP contribution in [0.5, 0.6) is 0 Å². The van der Waals surface area contributed by atoms with Gasteiger partial charge in [0.2, 0.25) is 0 Å². The number of nitrogens with one attached hydrogen (secondary N) is 1. The fourth-order valence-electron chi connectivity index (χ4n) is 1.91. The van der Waals surface area contributed by atoms with E-state index < -0.39 is 0 Å². The minimum atomic E-state index is -0.0764. The van der Waals surface area contributed by atoms with E-state index in [0.29, 0.717) is 6.04 Å². The highest BCUT2D eigenvalue weighted by atomic mass is 16.7. The van der Waals surface area contributed by atoms with E-state index in [0.717, 1.165) is 6.04 Å². The number of likely N-dealkylation sites (tertiary alicyclic amines) is 1. The van der Waals surface area contributed by atoms with Gasteiger partial charge in [-0.1, -0.05) is 0 Å². The van der Waals surface area contributed by atoms with Gasteiger partial charge in [0.15, 0.2) is 0 Å². The first-order valence-corrected chi connectivity index (χ1v) is 5.72. The van der Waals surface area contributed by atoms with Crippen LogP contribution < -0.4 is 5.48 Å². The summed E-state index contributed by atoms with van der Waals surface area (Å²) < 4.78 is 0. The van der Waals surface area contributed by atoms with E-state index in [1.807, 2.05) is 0 Å². The Kier molecular flexibility index (Phi) is 2.82. The van der Waals surface area contributed by atoms with Gasteiger partial charge in [-0.15, -0.1) is 0 Å². The number of hydrogen-bond donors (Lipinski definition) is 1. The third-order valence-electron chi connectivity index (χ3n) is 2.81. The lowest BCUT2D eigenvalue weighted by molar-refractivity contribution is -0.0867. The molecule has 0 aromatic rings. The van der Waals surface area contributed by atoms with Crippen LogP contribution in [0.1, 0.15) is 40.0 Å². The van der Waals surface area contributed by atoms with Crippen LogP contribution in [-0.2, 0) is 4.84 Å². The van der Waals surface area contributed by atoms with Gasteiger partial charge in [0, 0.05) is 25.2 Å². The molecule has 0 aromatic heterocycles. The van der Waals surface area contributed by atoms with Gasteiger partial charge < -0.3 is 0 Å². The van der Waals surface area contributed by atoms with Gasteiger partial charge in [-0.25, -0.2) is 0 Å². The van der Waals surface area contributed by atoms with E-state index >= 15 is 0 Å². The summed E-state index contributed by atoms with van der Waals surface area (Å²) >= 11 is 0. The molecule has 1 atom stereocenters. The minimum absolute atomic E-state index is 0.0764. The molecular weight excluding hydrogens is 176 g/mol. The summed E-state index contributed by atoms with van der Waals surface area (Å²) in [6.45, 7) is 8.64. The number of rotatable bonds is 3. The van der Waals surface area contributed by atoms with E-state index in [2.05, 4.69) is 31.2 Å². The molecule has 14 heavy (non-hydrogen) atoms. The first-order chi connectivity index (χ1) is 6.54. The molecular formula is C11H22N2O. The average Bonchev–Trinajstić information content (AvgIpc) is 2.81. The average molecular weight is 198 g/mol. The summed E-state index contributed by atoms with van der Waals surface area (Å²) in [5, 5.41) is 0. The Balaban J connectivity index is 1.68. The smallest absolute Gasteiger partial charge is 0.0813 e. The first kappa shape index (κ1) is 10.4. The van der Waals surface area contributed by atoms with Crippen LogP contribution in [0.3, 0.4) is 0 Å². The van der Waals surface area contributed by atoms with Gasteiger partial charge in [-0.05, 0) is 40.0 Å². The number of nitrogens with zero attached hydrogens (tertiary/aromatic N) is 1. The Bertz CT molecular complexity index is 196. The van der Waals surface area contributed by atoms with Crippen molar-refractivity contribution in [2.75, 3.05) is 13.1 Å². The van der Waals surface area contributed by atoms with Crippen molar-refractivity contribution in [3.63, 3.8) is 0 Å². The maximum absolute atomic E-state index is 5.59. The molecule has 2 rings (SSSR count). The standard InChI is InChI=1S/C11H22N2O/c1-11(2,3)14-12-9-6-7-13(8-9)10-4-5-10/h9-10,12H,4-8H2,1-3H3. The molecule has 0 aromatic carbocycles. The van der Waals surface area contributed by atoms with Gasteiger partial charge in [0.1, 0.15) is 0 Å². The lowest BCUT2D eigenvalue weighted by atomic mass is 10.2. The summed E-state index contributed by atoms with van der Waals surface area (Å²) in [4.78, 5) is 8.17. The van der Waals surface area contributed by atoms with Crippen LogP contribution in [0.4, 0.5) is 0 Å². The maximum Gasteiger partial charge on any atom is 0.0813 e. The lowest BCUT2D eigenvalue weighted by Gasteiger charge is -2.23. The molecule has 3 heteroatoms. The topological polar surface area (TPSA) is 24.5 Å². The van der Waals surface area contributed by atoms with Crippen molar-refractivity contribution in [3.05, 3.63) is 0 Å². The summed E-state index contributed by atoms with van der Waals surface area (Å²) in [5.41, 5.74) is 3.12. The van der Waals surface area contributed by atoms with Crippen LogP contribution in [0.25, 0.3) is 0 Å². The zero-order valence-electron chi connectivity index (χ0n) is 9.55. The maximum atomic E-state index is 5.59. The predicted octanol–water partition coefficient (Wildman–Crippen LogP) is 1.54. The number of hydrogen-bond acceptors (Lipinski definition) is 3. The van der Waals surface area contributed by atoms with Crippen LogP contribution in [-0.4, -0.2) is 35.7 Å². The minimum Gasteiger partial charge on any atom is -0.299 e. The highest BCUT2D eigenvalue weighted by molar-refractivity contribution is 4.91. The monoisotopic (exact) mass is 198 g/mol. The van der Waals surface area contributed by atoms with Crippen molar-refractivity contribution in [2.45, 2.75) is 57.7 Å². The zero-order valence-corrected chi connectivity index (χ0v) is 9.55. The van der Waals surface area contributed by atoms with Gasteiger partial charge in [0.25, 0.3) is 0 Å². The van der Waals surface area contributed by atoms with E-state index in [1.165, 1.54) is 32.4 Å². The first-order valence-electron chi connectivity index (χ1n) is 5.72. The third kappa shape index (κ3) is 2.94. The Hall–Kier alpha value is -0.120. The Labute approximate surface area is 86.8 Å². The normalized spacial score (nSPS) is 29.8. The molecule has 3 nitrogen and oxygen atoms in total. The van der Waals surface area contributed by atoms with Crippen LogP contribution in [0, 0.1) is 0 Å².